The highest BCUT2D eigenvalue weighted by Crippen LogP contribution is 2.38. The van der Waals surface area contributed by atoms with Gasteiger partial charge in [-0.05, 0) is 212 Å². The minimum absolute atomic E-state index is 0.194. The molecule has 0 aromatic heterocycles. The predicted molar refractivity (Wildman–Crippen MR) is 394 cm³/mol. The van der Waals surface area contributed by atoms with E-state index in [9.17, 15) is 0 Å². The smallest absolute Gasteiger partial charge is 0.0487 e. The fourth-order valence-corrected chi connectivity index (χ4v) is 11.8. The molecule has 0 aliphatic rings. The van der Waals surface area contributed by atoms with Crippen molar-refractivity contribution in [3.8, 4) is 0 Å². The van der Waals surface area contributed by atoms with E-state index in [2.05, 4.69) is 387 Å². The first-order valence-electron chi connectivity index (χ1n) is 31.6. The molecule has 0 heterocycles. The zero-order valence-electron chi connectivity index (χ0n) is 56.4. The molecule has 12 aromatic rings. The Hall–Kier alpha value is -9.12. The van der Waals surface area contributed by atoms with Crippen LogP contribution in [0.4, 0.5) is 45.5 Å². The summed E-state index contributed by atoms with van der Waals surface area (Å²) >= 11 is 0. The minimum Gasteiger partial charge on any atom is -0.345 e. The molecule has 4 heteroatoms. The molecule has 0 amide bonds. The molecule has 454 valence electrons. The van der Waals surface area contributed by atoms with Gasteiger partial charge in [-0.1, -0.05) is 226 Å². The normalized spacial score (nSPS) is 11.5. The Balaban J connectivity index is 0.000000141. The van der Waals surface area contributed by atoms with E-state index >= 15 is 0 Å². The van der Waals surface area contributed by atoms with E-state index in [0.717, 1.165) is 0 Å². The van der Waals surface area contributed by atoms with Crippen LogP contribution in [0.2, 0.25) is 0 Å². The van der Waals surface area contributed by atoms with E-state index in [0.29, 0.717) is 0 Å². The summed E-state index contributed by atoms with van der Waals surface area (Å²) in [5.74, 6) is 0. The van der Waals surface area contributed by atoms with Gasteiger partial charge in [0.1, 0.15) is 0 Å². The van der Waals surface area contributed by atoms with E-state index in [1.54, 1.807) is 0 Å². The van der Waals surface area contributed by atoms with Crippen LogP contribution >= 0.6 is 0 Å². The van der Waals surface area contributed by atoms with Gasteiger partial charge in [-0.3, -0.25) is 0 Å². The molecule has 0 saturated heterocycles. The summed E-state index contributed by atoms with van der Waals surface area (Å²) < 4.78 is 0. The number of hydrogen-bond acceptors (Lipinski definition) is 4. The van der Waals surface area contributed by atoms with Crippen molar-refractivity contribution in [2.24, 2.45) is 0 Å². The van der Waals surface area contributed by atoms with Gasteiger partial charge in [0.2, 0.25) is 0 Å². The van der Waals surface area contributed by atoms with Crippen LogP contribution in [0.5, 0.6) is 0 Å². The maximum absolute atomic E-state index is 2.33. The molecule has 0 saturated carbocycles. The summed E-state index contributed by atoms with van der Waals surface area (Å²) in [6.45, 7) is 31.4. The highest BCUT2D eigenvalue weighted by atomic mass is 15.1. The monoisotopic (exact) mass is 1170 g/mol. The summed E-state index contributed by atoms with van der Waals surface area (Å²) in [5, 5.41) is 10.2. The standard InChI is InChI=1S/C22H31N.2C21H17N.C21H29N/c1-14-15(2)17(4)21(18(5)16(14)3)23(9)20-12-10-19(11-13-20)22(6,7)8;1-22(20-12-10-16-6-2-4-8-18(16)14-20)21-13-11-17-7-3-5-9-19(17)15-21;1-22(19-14-13-16-7-2-3-9-18(16)15-19)21-12-6-10-17-8-4-5-11-20(17)21;1-20(2,3)16-8-12-18(13-9-16)22(7)19-14-10-17(11-15-19)21(4,5)6/h10-13H,1-9H3;2*2-15H,1H3;8-15H,1-7H3. The summed E-state index contributed by atoms with van der Waals surface area (Å²) in [4.78, 5) is 9.06. The molecule has 4 nitrogen and oxygen atoms in total. The molecule has 0 atom stereocenters. The summed E-state index contributed by atoms with van der Waals surface area (Å²) in [6, 6.07) is 87.0. The molecule has 0 fully saturated rings. The maximum atomic E-state index is 2.33. The molecule has 0 N–H and O–H groups in total. The predicted octanol–water partition coefficient (Wildman–Crippen LogP) is 23.9. The number of fused-ring (bicyclic) bond motifs is 4. The Labute approximate surface area is 533 Å². The van der Waals surface area contributed by atoms with Crippen molar-refractivity contribution in [3.05, 3.63) is 287 Å². The SMILES string of the molecule is CN(c1ccc(C(C)(C)C)cc1)c1ccc(C(C)(C)C)cc1.CN(c1ccc2ccccc2c1)c1ccc2ccccc2c1.CN(c1ccc2ccccc2c1)c1cccc2ccccc12.Cc1c(C)c(C)c(N(C)c2ccc(C(C)(C)C)cc2)c(C)c1C. The van der Waals surface area contributed by atoms with Gasteiger partial charge in [0.25, 0.3) is 0 Å². The zero-order valence-corrected chi connectivity index (χ0v) is 56.4. The molecule has 0 bridgehead atoms. The van der Waals surface area contributed by atoms with Crippen LogP contribution in [0.3, 0.4) is 0 Å². The minimum atomic E-state index is 0.194. The second-order valence-corrected chi connectivity index (χ2v) is 27.2. The molecule has 0 spiro atoms. The maximum Gasteiger partial charge on any atom is 0.0487 e. The van der Waals surface area contributed by atoms with Crippen LogP contribution in [0.1, 0.15) is 107 Å². The van der Waals surface area contributed by atoms with Gasteiger partial charge in [-0.2, -0.15) is 0 Å². The van der Waals surface area contributed by atoms with Crippen molar-refractivity contribution in [1.29, 1.82) is 0 Å². The molecular weight excluding hydrogens is 1080 g/mol. The van der Waals surface area contributed by atoms with E-state index in [-0.39, 0.29) is 16.2 Å². The van der Waals surface area contributed by atoms with Gasteiger partial charge >= 0.3 is 0 Å². The fourth-order valence-electron chi connectivity index (χ4n) is 11.8. The van der Waals surface area contributed by atoms with E-state index in [4.69, 9.17) is 0 Å². The van der Waals surface area contributed by atoms with Crippen LogP contribution in [0.15, 0.2) is 243 Å². The van der Waals surface area contributed by atoms with Crippen LogP contribution in [0, 0.1) is 34.6 Å². The molecular formula is C85H94N4. The molecule has 12 rings (SSSR count). The van der Waals surface area contributed by atoms with Crippen molar-refractivity contribution in [1.82, 2.24) is 0 Å². The summed E-state index contributed by atoms with van der Waals surface area (Å²) in [7, 11) is 8.55. The summed E-state index contributed by atoms with van der Waals surface area (Å²) in [5.41, 5.74) is 21.6. The first-order valence-corrected chi connectivity index (χ1v) is 31.6. The average Bonchev–Trinajstić information content (AvgIpc) is 1.51. The van der Waals surface area contributed by atoms with Crippen LogP contribution in [-0.4, -0.2) is 28.2 Å². The fraction of sp³-hybridized carbons (Fsp3) is 0.247. The van der Waals surface area contributed by atoms with Crippen molar-refractivity contribution < 1.29 is 0 Å². The lowest BCUT2D eigenvalue weighted by molar-refractivity contribution is 0.590. The highest BCUT2D eigenvalue weighted by molar-refractivity contribution is 5.97. The molecule has 0 radical (unpaired) electrons. The first-order chi connectivity index (χ1) is 42.3. The second kappa shape index (κ2) is 27.1. The zero-order chi connectivity index (χ0) is 64.0. The number of rotatable bonds is 8. The highest BCUT2D eigenvalue weighted by Gasteiger charge is 2.20. The van der Waals surface area contributed by atoms with Crippen LogP contribution in [0.25, 0.3) is 43.1 Å². The third-order valence-electron chi connectivity index (χ3n) is 18.1. The topological polar surface area (TPSA) is 13.0 Å². The van der Waals surface area contributed by atoms with Gasteiger partial charge in [0.15, 0.2) is 0 Å². The lowest BCUT2D eigenvalue weighted by Gasteiger charge is -2.28. The number of anilines is 8. The number of nitrogens with zero attached hydrogens (tertiary/aromatic N) is 4. The van der Waals surface area contributed by atoms with E-state index in [1.165, 1.54) is 133 Å². The molecule has 12 aromatic carbocycles. The molecule has 89 heavy (non-hydrogen) atoms. The Bertz CT molecular complexity index is 4180. The lowest BCUT2D eigenvalue weighted by atomic mass is 9.87. The average molecular weight is 1170 g/mol. The summed E-state index contributed by atoms with van der Waals surface area (Å²) in [6.07, 6.45) is 0. The van der Waals surface area contributed by atoms with Gasteiger partial charge in [-0.15, -0.1) is 0 Å². The Morgan fingerprint density at radius 2 is 0.494 bits per heavy atom. The van der Waals surface area contributed by atoms with Crippen molar-refractivity contribution >= 4 is 88.6 Å². The van der Waals surface area contributed by atoms with Gasteiger partial charge in [-0.25, -0.2) is 0 Å². The third-order valence-corrected chi connectivity index (χ3v) is 18.1. The van der Waals surface area contributed by atoms with Gasteiger partial charge in [0.05, 0.1) is 0 Å². The molecule has 0 unspecified atom stereocenters. The third kappa shape index (κ3) is 15.1. The van der Waals surface area contributed by atoms with Crippen LogP contribution < -0.4 is 19.6 Å². The quantitative estimate of drug-likeness (QED) is 0.150. The van der Waals surface area contributed by atoms with Gasteiger partial charge < -0.3 is 19.6 Å². The van der Waals surface area contributed by atoms with Crippen molar-refractivity contribution in [3.63, 3.8) is 0 Å². The number of hydrogen-bond donors (Lipinski definition) is 0. The largest absolute Gasteiger partial charge is 0.345 e. The second-order valence-electron chi connectivity index (χ2n) is 27.2. The lowest BCUT2D eigenvalue weighted by Crippen LogP contribution is -2.16. The molecule has 0 aliphatic heterocycles. The Morgan fingerprint density at radius 1 is 0.225 bits per heavy atom. The van der Waals surface area contributed by atoms with E-state index < -0.39 is 0 Å². The first kappa shape index (κ1) is 64.4. The van der Waals surface area contributed by atoms with Crippen molar-refractivity contribution in [2.75, 3.05) is 47.8 Å². The van der Waals surface area contributed by atoms with Crippen LogP contribution in [-0.2, 0) is 16.2 Å². The Morgan fingerprint density at radius 3 is 0.854 bits per heavy atom. The Kier molecular flexibility index (Phi) is 19.6. The number of benzene rings is 12. The molecule has 0 aliphatic carbocycles. The van der Waals surface area contributed by atoms with Crippen molar-refractivity contribution in [2.45, 2.75) is 113 Å². The van der Waals surface area contributed by atoms with E-state index in [1.807, 2.05) is 0 Å². The van der Waals surface area contributed by atoms with Gasteiger partial charge in [0, 0.05) is 79.1 Å².